The minimum absolute atomic E-state index is 0.0421. The van der Waals surface area contributed by atoms with Gasteiger partial charge in [0.25, 0.3) is 5.91 Å². The van der Waals surface area contributed by atoms with E-state index in [-0.39, 0.29) is 11.9 Å². The lowest BCUT2D eigenvalue weighted by atomic mass is 10.00. The Hall–Kier alpha value is -2.83. The molecule has 2 aromatic heterocycles. The SMILES string of the molecule is CCn1cc(SCC(=O)N2N=C(c3cccs3)C[C@H]2c2ccc(C)cc2)c2ccccc21. The summed E-state index contributed by atoms with van der Waals surface area (Å²) in [7, 11) is 0. The molecule has 4 aromatic rings. The first-order valence-corrected chi connectivity index (χ1v) is 12.7. The molecule has 162 valence electrons. The maximum Gasteiger partial charge on any atom is 0.253 e. The first-order valence-electron chi connectivity index (χ1n) is 10.8. The van der Waals surface area contributed by atoms with E-state index in [4.69, 9.17) is 5.10 Å². The van der Waals surface area contributed by atoms with Gasteiger partial charge in [0.15, 0.2) is 0 Å². The van der Waals surface area contributed by atoms with Crippen molar-refractivity contribution in [2.45, 2.75) is 37.8 Å². The maximum absolute atomic E-state index is 13.4. The van der Waals surface area contributed by atoms with Crippen molar-refractivity contribution in [2.75, 3.05) is 5.75 Å². The van der Waals surface area contributed by atoms with Gasteiger partial charge in [-0.25, -0.2) is 5.01 Å². The lowest BCUT2D eigenvalue weighted by Crippen LogP contribution is -2.28. The number of fused-ring (bicyclic) bond motifs is 1. The third-order valence-corrected chi connectivity index (χ3v) is 7.82. The number of hydrogen-bond donors (Lipinski definition) is 0. The number of nitrogens with zero attached hydrogens (tertiary/aromatic N) is 3. The van der Waals surface area contributed by atoms with Gasteiger partial charge in [-0.05, 0) is 36.9 Å². The fraction of sp³-hybridized carbons (Fsp3) is 0.231. The second-order valence-electron chi connectivity index (χ2n) is 7.98. The molecule has 0 spiro atoms. The Morgan fingerprint density at radius 3 is 2.69 bits per heavy atom. The number of hydrazone groups is 1. The van der Waals surface area contributed by atoms with E-state index >= 15 is 0 Å². The first kappa shape index (κ1) is 21.0. The molecule has 1 aliphatic rings. The number of carbonyl (C=O) groups excluding carboxylic acids is 1. The lowest BCUT2D eigenvalue weighted by molar-refractivity contribution is -0.130. The largest absolute Gasteiger partial charge is 0.347 e. The van der Waals surface area contributed by atoms with Gasteiger partial charge in [-0.1, -0.05) is 54.1 Å². The number of rotatable bonds is 6. The van der Waals surface area contributed by atoms with Crippen LogP contribution in [0.5, 0.6) is 0 Å². The third-order valence-electron chi connectivity index (χ3n) is 5.88. The topological polar surface area (TPSA) is 37.6 Å². The van der Waals surface area contributed by atoms with Crippen molar-refractivity contribution in [1.82, 2.24) is 9.58 Å². The zero-order chi connectivity index (χ0) is 22.1. The van der Waals surface area contributed by atoms with Gasteiger partial charge in [-0.2, -0.15) is 5.10 Å². The Morgan fingerprint density at radius 2 is 1.94 bits per heavy atom. The van der Waals surface area contributed by atoms with E-state index in [1.807, 2.05) is 6.07 Å². The monoisotopic (exact) mass is 459 g/mol. The summed E-state index contributed by atoms with van der Waals surface area (Å²) in [6.07, 6.45) is 2.90. The van der Waals surface area contributed by atoms with Gasteiger partial charge in [0.05, 0.1) is 22.4 Å². The van der Waals surface area contributed by atoms with Crippen LogP contribution < -0.4 is 0 Å². The van der Waals surface area contributed by atoms with Crippen molar-refractivity contribution < 1.29 is 4.79 Å². The minimum Gasteiger partial charge on any atom is -0.347 e. The predicted octanol–water partition coefficient (Wildman–Crippen LogP) is 6.50. The second-order valence-corrected chi connectivity index (χ2v) is 9.94. The summed E-state index contributed by atoms with van der Waals surface area (Å²) in [5.74, 6) is 0.404. The minimum atomic E-state index is -0.0576. The molecule has 32 heavy (non-hydrogen) atoms. The first-order chi connectivity index (χ1) is 15.6. The molecule has 1 aliphatic heterocycles. The highest BCUT2D eigenvalue weighted by Crippen LogP contribution is 2.36. The molecule has 1 amide bonds. The van der Waals surface area contributed by atoms with Gasteiger partial charge < -0.3 is 4.57 Å². The summed E-state index contributed by atoms with van der Waals surface area (Å²) >= 11 is 3.27. The van der Waals surface area contributed by atoms with Gasteiger partial charge in [-0.3, -0.25) is 4.79 Å². The van der Waals surface area contributed by atoms with Crippen LogP contribution in [0.2, 0.25) is 0 Å². The van der Waals surface area contributed by atoms with E-state index < -0.39 is 0 Å². The molecule has 0 radical (unpaired) electrons. The second kappa shape index (κ2) is 8.96. The summed E-state index contributed by atoms with van der Waals surface area (Å²) in [5.41, 5.74) is 4.55. The summed E-state index contributed by atoms with van der Waals surface area (Å²) in [6.45, 7) is 5.13. The number of carbonyl (C=O) groups is 1. The lowest BCUT2D eigenvalue weighted by Gasteiger charge is -2.22. The van der Waals surface area contributed by atoms with Crippen LogP contribution in [0, 0.1) is 6.92 Å². The van der Waals surface area contributed by atoms with E-state index in [1.54, 1.807) is 28.1 Å². The predicted molar refractivity (Wildman–Crippen MR) is 135 cm³/mol. The molecule has 0 fully saturated rings. The molecular formula is C26H25N3OS2. The van der Waals surface area contributed by atoms with Crippen LogP contribution in [0.15, 0.2) is 82.2 Å². The molecule has 6 heteroatoms. The van der Waals surface area contributed by atoms with Gasteiger partial charge >= 0.3 is 0 Å². The van der Waals surface area contributed by atoms with Crippen molar-refractivity contribution in [2.24, 2.45) is 5.10 Å². The van der Waals surface area contributed by atoms with Crippen LogP contribution in [0.4, 0.5) is 0 Å². The van der Waals surface area contributed by atoms with Crippen LogP contribution in [0.1, 0.15) is 35.4 Å². The molecule has 0 unspecified atom stereocenters. The Balaban J connectivity index is 1.40. The summed E-state index contributed by atoms with van der Waals surface area (Å²) in [4.78, 5) is 15.7. The van der Waals surface area contributed by atoms with Crippen molar-refractivity contribution in [3.05, 3.63) is 88.2 Å². The Labute approximate surface area is 196 Å². The number of amides is 1. The van der Waals surface area contributed by atoms with Crippen molar-refractivity contribution in [3.63, 3.8) is 0 Å². The molecule has 0 saturated heterocycles. The van der Waals surface area contributed by atoms with Crippen LogP contribution in [-0.2, 0) is 11.3 Å². The maximum atomic E-state index is 13.4. The van der Waals surface area contributed by atoms with E-state index in [1.165, 1.54) is 16.5 Å². The fourth-order valence-corrected chi connectivity index (χ4v) is 5.84. The smallest absolute Gasteiger partial charge is 0.253 e. The number of hydrogen-bond acceptors (Lipinski definition) is 4. The van der Waals surface area contributed by atoms with Gasteiger partial charge in [0.2, 0.25) is 0 Å². The third kappa shape index (κ3) is 4.00. The molecule has 4 nitrogen and oxygen atoms in total. The fourth-order valence-electron chi connectivity index (χ4n) is 4.18. The molecule has 1 atom stereocenters. The molecule has 0 bridgehead atoms. The molecule has 2 aromatic carbocycles. The molecule has 0 saturated carbocycles. The Kier molecular flexibility index (Phi) is 5.89. The van der Waals surface area contributed by atoms with E-state index in [9.17, 15) is 4.79 Å². The van der Waals surface area contributed by atoms with Crippen molar-refractivity contribution in [1.29, 1.82) is 0 Å². The summed E-state index contributed by atoms with van der Waals surface area (Å²) < 4.78 is 2.24. The van der Waals surface area contributed by atoms with E-state index in [0.29, 0.717) is 5.75 Å². The summed E-state index contributed by atoms with van der Waals surface area (Å²) in [6, 6.07) is 20.9. The quantitative estimate of drug-likeness (QED) is 0.309. The molecule has 5 rings (SSSR count). The summed E-state index contributed by atoms with van der Waals surface area (Å²) in [5, 5.41) is 9.77. The van der Waals surface area contributed by atoms with Crippen molar-refractivity contribution >= 4 is 45.6 Å². The number of thiophene rings is 1. The molecule has 3 heterocycles. The standard InChI is InChI=1S/C26H25N3OS2/c1-3-28-16-25(20-7-4-5-8-22(20)28)32-17-26(30)29-23(19-12-10-18(2)11-13-19)15-21(27-29)24-9-6-14-31-24/h4-14,16,23H,3,15,17H2,1-2H3/t23-/m0/s1. The average Bonchev–Trinajstić information content (AvgIpc) is 3.56. The molecular weight excluding hydrogens is 434 g/mol. The number of benzene rings is 2. The van der Waals surface area contributed by atoms with Crippen molar-refractivity contribution in [3.8, 4) is 0 Å². The highest BCUT2D eigenvalue weighted by Gasteiger charge is 2.33. The van der Waals surface area contributed by atoms with Crippen LogP contribution >= 0.6 is 23.1 Å². The zero-order valence-corrected chi connectivity index (χ0v) is 19.8. The number of para-hydroxylation sites is 1. The average molecular weight is 460 g/mol. The highest BCUT2D eigenvalue weighted by molar-refractivity contribution is 8.00. The van der Waals surface area contributed by atoms with Crippen LogP contribution in [0.3, 0.4) is 0 Å². The normalized spacial score (nSPS) is 16.0. The highest BCUT2D eigenvalue weighted by atomic mass is 32.2. The molecule has 0 aliphatic carbocycles. The number of aromatic nitrogens is 1. The van der Waals surface area contributed by atoms with E-state index in [2.05, 4.69) is 84.6 Å². The Bertz CT molecular complexity index is 1270. The number of aryl methyl sites for hydroxylation is 2. The molecule has 0 N–H and O–H groups in total. The van der Waals surface area contributed by atoms with E-state index in [0.717, 1.165) is 34.0 Å². The van der Waals surface area contributed by atoms with Gasteiger partial charge in [0, 0.05) is 35.0 Å². The van der Waals surface area contributed by atoms with Crippen LogP contribution in [-0.4, -0.2) is 26.9 Å². The number of thioether (sulfide) groups is 1. The van der Waals surface area contributed by atoms with Gasteiger partial charge in [0.1, 0.15) is 0 Å². The zero-order valence-electron chi connectivity index (χ0n) is 18.2. The Morgan fingerprint density at radius 1 is 1.12 bits per heavy atom. The van der Waals surface area contributed by atoms with Crippen LogP contribution in [0.25, 0.3) is 10.9 Å². The van der Waals surface area contributed by atoms with Gasteiger partial charge in [-0.15, -0.1) is 23.1 Å².